The molecule has 1 aliphatic heterocycles. The molecule has 0 radical (unpaired) electrons. The highest BCUT2D eigenvalue weighted by molar-refractivity contribution is 5.70. The van der Waals surface area contributed by atoms with Gasteiger partial charge in [-0.25, -0.2) is 9.78 Å². The third kappa shape index (κ3) is 7.82. The Morgan fingerprint density at radius 2 is 1.89 bits per heavy atom. The van der Waals surface area contributed by atoms with Crippen molar-refractivity contribution in [1.82, 2.24) is 14.8 Å². The molecule has 2 rings (SSSR count). The van der Waals surface area contributed by atoms with Gasteiger partial charge >= 0.3 is 12.1 Å². The molecule has 1 aromatic rings. The number of aromatic nitrogens is 1. The maximum atomic E-state index is 12.0. The number of pyridine rings is 1. The van der Waals surface area contributed by atoms with Gasteiger partial charge < -0.3 is 19.5 Å². The van der Waals surface area contributed by atoms with Crippen molar-refractivity contribution >= 4 is 12.1 Å². The zero-order chi connectivity index (χ0) is 19.9. The lowest BCUT2D eigenvalue weighted by Gasteiger charge is -2.35. The summed E-state index contributed by atoms with van der Waals surface area (Å²) >= 11 is 0. The molecule has 1 aliphatic rings. The monoisotopic (exact) mass is 379 g/mol. The van der Waals surface area contributed by atoms with Gasteiger partial charge in [0.1, 0.15) is 5.60 Å². The lowest BCUT2D eigenvalue weighted by atomic mass is 10.2. The Balaban J connectivity index is 1.62. The summed E-state index contributed by atoms with van der Waals surface area (Å²) in [6.07, 6.45) is 2.09. The molecule has 0 saturated carbocycles. The second-order valence-corrected chi connectivity index (χ2v) is 7.59. The first-order valence-electron chi connectivity index (χ1n) is 9.23. The molecule has 1 fully saturated rings. The number of carboxylic acids is 1. The Kier molecular flexibility index (Phi) is 7.41. The van der Waals surface area contributed by atoms with Gasteiger partial charge in [-0.3, -0.25) is 9.69 Å². The van der Waals surface area contributed by atoms with Crippen molar-refractivity contribution in [3.05, 3.63) is 23.9 Å². The number of carboxylic acid groups (broad SMARTS) is 1. The van der Waals surface area contributed by atoms with Crippen molar-refractivity contribution in [2.24, 2.45) is 0 Å². The maximum absolute atomic E-state index is 12.0. The number of ether oxygens (including phenoxy) is 2. The standard InChI is InChI=1S/C19H29N3O5/c1-19(2,3)27-18(25)22-10-8-21(9-11-22)7-4-12-26-16-6-5-15(14-20-16)13-17(23)24/h5-6,14H,4,7-13H2,1-3H3,(H,23,24). The molecule has 0 bridgehead atoms. The van der Waals surface area contributed by atoms with Crippen molar-refractivity contribution in [3.63, 3.8) is 0 Å². The minimum atomic E-state index is -0.878. The van der Waals surface area contributed by atoms with Gasteiger partial charge in [0.05, 0.1) is 13.0 Å². The van der Waals surface area contributed by atoms with E-state index < -0.39 is 11.6 Å². The highest BCUT2D eigenvalue weighted by atomic mass is 16.6. The molecule has 8 heteroatoms. The van der Waals surface area contributed by atoms with Crippen LogP contribution in [0.5, 0.6) is 5.88 Å². The quantitative estimate of drug-likeness (QED) is 0.725. The van der Waals surface area contributed by atoms with Crippen LogP contribution in [0.4, 0.5) is 4.79 Å². The van der Waals surface area contributed by atoms with Gasteiger partial charge in [0.25, 0.3) is 0 Å². The van der Waals surface area contributed by atoms with Gasteiger partial charge in [0.15, 0.2) is 0 Å². The van der Waals surface area contributed by atoms with Crippen molar-refractivity contribution in [2.75, 3.05) is 39.3 Å². The average molecular weight is 379 g/mol. The molecule has 0 aliphatic carbocycles. The number of carbonyl (C=O) groups is 2. The summed E-state index contributed by atoms with van der Waals surface area (Å²) in [7, 11) is 0. The van der Waals surface area contributed by atoms with Gasteiger partial charge in [-0.15, -0.1) is 0 Å². The van der Waals surface area contributed by atoms with Gasteiger partial charge in [-0.2, -0.15) is 0 Å². The molecule has 1 aromatic heterocycles. The Hall–Kier alpha value is -2.35. The number of hydrogen-bond donors (Lipinski definition) is 1. The summed E-state index contributed by atoms with van der Waals surface area (Å²) in [5.74, 6) is -0.379. The van der Waals surface area contributed by atoms with Crippen LogP contribution in [0.3, 0.4) is 0 Å². The molecule has 0 unspecified atom stereocenters. The highest BCUT2D eigenvalue weighted by Crippen LogP contribution is 2.12. The first-order chi connectivity index (χ1) is 12.7. The van der Waals surface area contributed by atoms with Crippen LogP contribution >= 0.6 is 0 Å². The molecule has 27 heavy (non-hydrogen) atoms. The van der Waals surface area contributed by atoms with E-state index in [2.05, 4.69) is 9.88 Å². The number of amides is 1. The number of piperazine rings is 1. The molecule has 0 aromatic carbocycles. The fraction of sp³-hybridized carbons (Fsp3) is 0.632. The smallest absolute Gasteiger partial charge is 0.410 e. The van der Waals surface area contributed by atoms with E-state index in [-0.39, 0.29) is 12.5 Å². The van der Waals surface area contributed by atoms with E-state index in [1.807, 2.05) is 20.8 Å². The van der Waals surface area contributed by atoms with Crippen LogP contribution in [0.2, 0.25) is 0 Å². The molecule has 1 saturated heterocycles. The third-order valence-electron chi connectivity index (χ3n) is 4.05. The first kappa shape index (κ1) is 21.0. The largest absolute Gasteiger partial charge is 0.481 e. The van der Waals surface area contributed by atoms with Gasteiger partial charge in [0.2, 0.25) is 5.88 Å². The second-order valence-electron chi connectivity index (χ2n) is 7.59. The number of nitrogens with zero attached hydrogens (tertiary/aromatic N) is 3. The normalized spacial score (nSPS) is 15.4. The predicted octanol–water partition coefficient (Wildman–Crippen LogP) is 2.03. The summed E-state index contributed by atoms with van der Waals surface area (Å²) in [5, 5.41) is 8.74. The van der Waals surface area contributed by atoms with Gasteiger partial charge in [-0.05, 0) is 32.8 Å². The zero-order valence-electron chi connectivity index (χ0n) is 16.3. The van der Waals surface area contributed by atoms with Crippen molar-refractivity contribution in [3.8, 4) is 5.88 Å². The number of hydrogen-bond acceptors (Lipinski definition) is 6. The van der Waals surface area contributed by atoms with E-state index >= 15 is 0 Å². The van der Waals surface area contributed by atoms with E-state index in [4.69, 9.17) is 14.6 Å². The summed E-state index contributed by atoms with van der Waals surface area (Å²) in [4.78, 5) is 30.9. The fourth-order valence-electron chi connectivity index (χ4n) is 2.72. The second kappa shape index (κ2) is 9.55. The van der Waals surface area contributed by atoms with Crippen LogP contribution in [0.1, 0.15) is 32.8 Å². The van der Waals surface area contributed by atoms with E-state index in [1.165, 1.54) is 6.20 Å². The van der Waals surface area contributed by atoms with Gasteiger partial charge in [0, 0.05) is 45.0 Å². The zero-order valence-corrected chi connectivity index (χ0v) is 16.3. The van der Waals surface area contributed by atoms with Gasteiger partial charge in [-0.1, -0.05) is 6.07 Å². The van der Waals surface area contributed by atoms with E-state index in [0.29, 0.717) is 31.1 Å². The van der Waals surface area contributed by atoms with Crippen LogP contribution < -0.4 is 4.74 Å². The van der Waals surface area contributed by atoms with Crippen molar-refractivity contribution in [2.45, 2.75) is 39.2 Å². The van der Waals surface area contributed by atoms with Crippen LogP contribution in [0.15, 0.2) is 18.3 Å². The Morgan fingerprint density at radius 3 is 2.44 bits per heavy atom. The highest BCUT2D eigenvalue weighted by Gasteiger charge is 2.25. The molecule has 0 atom stereocenters. The average Bonchev–Trinajstić information content (AvgIpc) is 2.58. The summed E-state index contributed by atoms with van der Waals surface area (Å²) in [5.41, 5.74) is 0.184. The number of rotatable bonds is 7. The topological polar surface area (TPSA) is 92.2 Å². The predicted molar refractivity (Wildman–Crippen MR) is 99.9 cm³/mol. The molecule has 0 spiro atoms. The Morgan fingerprint density at radius 1 is 1.19 bits per heavy atom. The van der Waals surface area contributed by atoms with E-state index in [9.17, 15) is 9.59 Å². The van der Waals surface area contributed by atoms with Crippen LogP contribution in [0, 0.1) is 0 Å². The van der Waals surface area contributed by atoms with Crippen molar-refractivity contribution in [1.29, 1.82) is 0 Å². The maximum Gasteiger partial charge on any atom is 0.410 e. The molecule has 2 heterocycles. The van der Waals surface area contributed by atoms with Crippen LogP contribution in [-0.4, -0.2) is 76.9 Å². The van der Waals surface area contributed by atoms with Crippen molar-refractivity contribution < 1.29 is 24.2 Å². The molecular formula is C19H29N3O5. The fourth-order valence-corrected chi connectivity index (χ4v) is 2.72. The molecule has 8 nitrogen and oxygen atoms in total. The molecule has 1 amide bonds. The SMILES string of the molecule is CC(C)(C)OC(=O)N1CCN(CCCOc2ccc(CC(=O)O)cn2)CC1. The van der Waals surface area contributed by atoms with Crippen LogP contribution in [0.25, 0.3) is 0 Å². The Labute approximate surface area is 160 Å². The first-order valence-corrected chi connectivity index (χ1v) is 9.23. The molecule has 150 valence electrons. The van der Waals surface area contributed by atoms with Crippen LogP contribution in [-0.2, 0) is 16.0 Å². The van der Waals surface area contributed by atoms with E-state index in [0.717, 1.165) is 26.1 Å². The molecule has 1 N–H and O–H groups in total. The lowest BCUT2D eigenvalue weighted by Crippen LogP contribution is -2.50. The minimum Gasteiger partial charge on any atom is -0.481 e. The summed E-state index contributed by atoms with van der Waals surface area (Å²) < 4.78 is 11.0. The number of aliphatic carboxylic acids is 1. The van der Waals surface area contributed by atoms with E-state index in [1.54, 1.807) is 17.0 Å². The summed E-state index contributed by atoms with van der Waals surface area (Å²) in [6, 6.07) is 3.41. The third-order valence-corrected chi connectivity index (χ3v) is 4.05. The number of carbonyl (C=O) groups excluding carboxylic acids is 1. The summed E-state index contributed by atoms with van der Waals surface area (Å²) in [6.45, 7) is 10.0. The Bertz CT molecular complexity index is 619. The molecular weight excluding hydrogens is 350 g/mol. The lowest BCUT2D eigenvalue weighted by molar-refractivity contribution is -0.136. The minimum absolute atomic E-state index is 0.0391.